The van der Waals surface area contributed by atoms with Gasteiger partial charge < -0.3 is 9.47 Å². The SMILES string of the molecule is CC(C)C1OCCOC1C(C)S. The van der Waals surface area contributed by atoms with Crippen molar-refractivity contribution in [3.05, 3.63) is 0 Å². The van der Waals surface area contributed by atoms with E-state index in [1.54, 1.807) is 0 Å². The minimum Gasteiger partial charge on any atom is -0.373 e. The molecule has 3 heteroatoms. The molecule has 1 fully saturated rings. The number of hydrogen-bond donors (Lipinski definition) is 1. The Morgan fingerprint density at radius 2 is 1.58 bits per heavy atom. The van der Waals surface area contributed by atoms with Gasteiger partial charge in [-0.05, 0) is 5.92 Å². The molecule has 1 heterocycles. The first kappa shape index (κ1) is 10.4. The van der Waals surface area contributed by atoms with E-state index in [2.05, 4.69) is 33.4 Å². The van der Waals surface area contributed by atoms with Crippen LogP contribution in [0.3, 0.4) is 0 Å². The molecule has 1 aliphatic rings. The summed E-state index contributed by atoms with van der Waals surface area (Å²) in [5.74, 6) is 0.505. The summed E-state index contributed by atoms with van der Waals surface area (Å²) < 4.78 is 11.3. The van der Waals surface area contributed by atoms with Crippen LogP contribution in [-0.2, 0) is 9.47 Å². The molecule has 0 amide bonds. The van der Waals surface area contributed by atoms with E-state index < -0.39 is 0 Å². The van der Waals surface area contributed by atoms with Crippen molar-refractivity contribution < 1.29 is 9.47 Å². The second kappa shape index (κ2) is 4.49. The Bertz CT molecular complexity index is 120. The van der Waals surface area contributed by atoms with Crippen LogP contribution in [0.15, 0.2) is 0 Å². The van der Waals surface area contributed by atoms with Crippen molar-refractivity contribution in [1.29, 1.82) is 0 Å². The second-order valence-electron chi connectivity index (χ2n) is 3.66. The Kier molecular flexibility index (Phi) is 3.87. The maximum atomic E-state index is 5.64. The van der Waals surface area contributed by atoms with Gasteiger partial charge in [0.05, 0.1) is 25.4 Å². The second-order valence-corrected chi connectivity index (χ2v) is 4.47. The van der Waals surface area contributed by atoms with Crippen LogP contribution in [0.2, 0.25) is 0 Å². The molecule has 2 nitrogen and oxygen atoms in total. The molecule has 72 valence electrons. The molecule has 0 saturated carbocycles. The fourth-order valence-electron chi connectivity index (χ4n) is 1.54. The molecule has 12 heavy (non-hydrogen) atoms. The maximum absolute atomic E-state index is 5.64. The maximum Gasteiger partial charge on any atom is 0.0953 e. The number of hydrogen-bond acceptors (Lipinski definition) is 3. The minimum absolute atomic E-state index is 0.155. The molecule has 0 N–H and O–H groups in total. The first-order chi connectivity index (χ1) is 5.63. The highest BCUT2D eigenvalue weighted by atomic mass is 32.1. The summed E-state index contributed by atoms with van der Waals surface area (Å²) in [5, 5.41) is 0.248. The molecule has 0 radical (unpaired) electrons. The third-order valence-electron chi connectivity index (χ3n) is 2.16. The van der Waals surface area contributed by atoms with Gasteiger partial charge in [-0.15, -0.1) is 0 Å². The van der Waals surface area contributed by atoms with Crippen molar-refractivity contribution in [3.63, 3.8) is 0 Å². The van der Waals surface area contributed by atoms with Gasteiger partial charge in [0.15, 0.2) is 0 Å². The molecule has 1 rings (SSSR count). The third kappa shape index (κ3) is 2.38. The monoisotopic (exact) mass is 190 g/mol. The summed E-state index contributed by atoms with van der Waals surface area (Å²) in [5.41, 5.74) is 0. The normalized spacial score (nSPS) is 33.8. The van der Waals surface area contributed by atoms with E-state index in [1.165, 1.54) is 0 Å². The molecule has 0 aliphatic carbocycles. The summed E-state index contributed by atoms with van der Waals surface area (Å²) in [6, 6.07) is 0. The largest absolute Gasteiger partial charge is 0.373 e. The van der Waals surface area contributed by atoms with Crippen molar-refractivity contribution in [1.82, 2.24) is 0 Å². The van der Waals surface area contributed by atoms with E-state index in [4.69, 9.17) is 9.47 Å². The van der Waals surface area contributed by atoms with Crippen LogP contribution in [0.5, 0.6) is 0 Å². The van der Waals surface area contributed by atoms with Crippen molar-refractivity contribution in [2.24, 2.45) is 5.92 Å². The van der Waals surface area contributed by atoms with Gasteiger partial charge in [-0.3, -0.25) is 0 Å². The highest BCUT2D eigenvalue weighted by Gasteiger charge is 2.31. The molecule has 0 spiro atoms. The first-order valence-corrected chi connectivity index (χ1v) is 5.06. The summed E-state index contributed by atoms with van der Waals surface area (Å²) in [7, 11) is 0. The van der Waals surface area contributed by atoms with Crippen molar-refractivity contribution in [2.75, 3.05) is 13.2 Å². The summed E-state index contributed by atoms with van der Waals surface area (Å²) in [6.07, 6.45) is 0.369. The Morgan fingerprint density at radius 1 is 1.08 bits per heavy atom. The highest BCUT2D eigenvalue weighted by molar-refractivity contribution is 7.81. The average molecular weight is 190 g/mol. The Labute approximate surface area is 80.0 Å². The fraction of sp³-hybridized carbons (Fsp3) is 1.00. The summed E-state index contributed by atoms with van der Waals surface area (Å²) in [6.45, 7) is 7.79. The molecular weight excluding hydrogens is 172 g/mol. The summed E-state index contributed by atoms with van der Waals surface area (Å²) in [4.78, 5) is 0. The number of ether oxygens (including phenoxy) is 2. The lowest BCUT2D eigenvalue weighted by molar-refractivity contribution is -0.153. The van der Waals surface area contributed by atoms with E-state index in [-0.39, 0.29) is 17.5 Å². The molecular formula is C9H18O2S. The smallest absolute Gasteiger partial charge is 0.0953 e. The zero-order chi connectivity index (χ0) is 9.14. The van der Waals surface area contributed by atoms with Crippen LogP contribution in [0, 0.1) is 5.92 Å². The molecule has 3 atom stereocenters. The molecule has 0 aromatic heterocycles. The topological polar surface area (TPSA) is 18.5 Å². The zero-order valence-electron chi connectivity index (χ0n) is 7.99. The van der Waals surface area contributed by atoms with E-state index >= 15 is 0 Å². The molecule has 0 bridgehead atoms. The van der Waals surface area contributed by atoms with Crippen molar-refractivity contribution in [2.45, 2.75) is 38.2 Å². The van der Waals surface area contributed by atoms with Gasteiger partial charge in [-0.1, -0.05) is 20.8 Å². The van der Waals surface area contributed by atoms with Crippen molar-refractivity contribution in [3.8, 4) is 0 Å². The van der Waals surface area contributed by atoms with Gasteiger partial charge in [0.1, 0.15) is 0 Å². The predicted octanol–water partition coefficient (Wildman–Crippen LogP) is 1.74. The number of thiol groups is 1. The third-order valence-corrected chi connectivity index (χ3v) is 2.45. The van der Waals surface area contributed by atoms with E-state index in [9.17, 15) is 0 Å². The Hall–Kier alpha value is 0.270. The van der Waals surface area contributed by atoms with Crippen LogP contribution < -0.4 is 0 Å². The lowest BCUT2D eigenvalue weighted by Gasteiger charge is -2.36. The van der Waals surface area contributed by atoms with Crippen LogP contribution in [0.1, 0.15) is 20.8 Å². The van der Waals surface area contributed by atoms with Crippen LogP contribution in [0.4, 0.5) is 0 Å². The molecule has 1 saturated heterocycles. The van der Waals surface area contributed by atoms with Gasteiger partial charge in [0.25, 0.3) is 0 Å². The van der Waals surface area contributed by atoms with Gasteiger partial charge in [-0.2, -0.15) is 12.6 Å². The minimum atomic E-state index is 0.155. The standard InChI is InChI=1S/C9H18O2S/c1-6(2)8-9(7(3)12)11-5-4-10-8/h6-9,12H,4-5H2,1-3H3. The Balaban J connectivity index is 2.54. The van der Waals surface area contributed by atoms with Crippen LogP contribution in [0.25, 0.3) is 0 Å². The lowest BCUT2D eigenvalue weighted by atomic mass is 9.99. The highest BCUT2D eigenvalue weighted by Crippen LogP contribution is 2.22. The zero-order valence-corrected chi connectivity index (χ0v) is 8.88. The van der Waals surface area contributed by atoms with E-state index in [1.807, 2.05) is 0 Å². The van der Waals surface area contributed by atoms with Gasteiger partial charge >= 0.3 is 0 Å². The predicted molar refractivity (Wildman–Crippen MR) is 52.8 cm³/mol. The van der Waals surface area contributed by atoms with E-state index in [0.717, 1.165) is 6.61 Å². The fourth-order valence-corrected chi connectivity index (χ4v) is 1.80. The first-order valence-electron chi connectivity index (χ1n) is 4.54. The average Bonchev–Trinajstić information content (AvgIpc) is 2.04. The van der Waals surface area contributed by atoms with Gasteiger partial charge in [-0.25, -0.2) is 0 Å². The Morgan fingerprint density at radius 3 is 1.92 bits per heavy atom. The van der Waals surface area contributed by atoms with Crippen molar-refractivity contribution >= 4 is 12.6 Å². The van der Waals surface area contributed by atoms with Gasteiger partial charge in [0, 0.05) is 5.25 Å². The van der Waals surface area contributed by atoms with E-state index in [0.29, 0.717) is 12.5 Å². The molecule has 0 aromatic rings. The van der Waals surface area contributed by atoms with Crippen LogP contribution in [-0.4, -0.2) is 30.7 Å². The van der Waals surface area contributed by atoms with Crippen LogP contribution >= 0.6 is 12.6 Å². The van der Waals surface area contributed by atoms with Gasteiger partial charge in [0.2, 0.25) is 0 Å². The quantitative estimate of drug-likeness (QED) is 0.669. The molecule has 1 aliphatic heterocycles. The lowest BCUT2D eigenvalue weighted by Crippen LogP contribution is -2.45. The molecule has 3 unspecified atom stereocenters. The summed E-state index contributed by atoms with van der Waals surface area (Å²) >= 11 is 4.39. The molecule has 0 aromatic carbocycles. The number of rotatable bonds is 2.